The molecule has 1 aromatic heterocycles. The van der Waals surface area contributed by atoms with E-state index in [1.54, 1.807) is 24.3 Å². The molecular formula is C23H24N4O2S. The van der Waals surface area contributed by atoms with E-state index in [-0.39, 0.29) is 11.8 Å². The lowest BCUT2D eigenvalue weighted by atomic mass is 10.1. The second-order valence-corrected chi connectivity index (χ2v) is 8.40. The number of fused-ring (bicyclic) bond motifs is 1. The SMILES string of the molecule is CCN1CCc2nc(NC(=O)c3ccc(C)c(NC(=O)c4ccccc4)c3)sc2C1. The van der Waals surface area contributed by atoms with Gasteiger partial charge in [0.05, 0.1) is 5.69 Å². The summed E-state index contributed by atoms with van der Waals surface area (Å²) in [6.45, 7) is 6.96. The number of nitrogens with one attached hydrogen (secondary N) is 2. The monoisotopic (exact) mass is 420 g/mol. The molecule has 0 saturated heterocycles. The molecule has 2 N–H and O–H groups in total. The van der Waals surface area contributed by atoms with Crippen LogP contribution in [0.3, 0.4) is 0 Å². The zero-order valence-electron chi connectivity index (χ0n) is 17.1. The van der Waals surface area contributed by atoms with Gasteiger partial charge in [-0.15, -0.1) is 11.3 Å². The predicted molar refractivity (Wildman–Crippen MR) is 120 cm³/mol. The molecule has 0 atom stereocenters. The van der Waals surface area contributed by atoms with Gasteiger partial charge in [0.25, 0.3) is 11.8 Å². The van der Waals surface area contributed by atoms with Crippen LogP contribution in [0.5, 0.6) is 0 Å². The Bertz CT molecular complexity index is 1080. The van der Waals surface area contributed by atoms with Crippen molar-refractivity contribution in [3.05, 3.63) is 75.8 Å². The maximum absolute atomic E-state index is 12.8. The highest BCUT2D eigenvalue weighted by Gasteiger charge is 2.21. The number of amides is 2. The van der Waals surface area contributed by atoms with E-state index in [1.165, 1.54) is 16.2 Å². The molecule has 0 aliphatic carbocycles. The van der Waals surface area contributed by atoms with Gasteiger partial charge in [-0.1, -0.05) is 31.2 Å². The van der Waals surface area contributed by atoms with Crippen molar-refractivity contribution in [3.8, 4) is 0 Å². The van der Waals surface area contributed by atoms with Gasteiger partial charge in [0.1, 0.15) is 0 Å². The number of nitrogens with zero attached hydrogens (tertiary/aromatic N) is 2. The molecule has 2 amide bonds. The van der Waals surface area contributed by atoms with Gasteiger partial charge >= 0.3 is 0 Å². The number of benzene rings is 2. The molecule has 2 heterocycles. The zero-order valence-corrected chi connectivity index (χ0v) is 17.9. The van der Waals surface area contributed by atoms with Crippen molar-refractivity contribution < 1.29 is 9.59 Å². The fourth-order valence-corrected chi connectivity index (χ4v) is 4.47. The summed E-state index contributed by atoms with van der Waals surface area (Å²) in [5.74, 6) is -0.437. The highest BCUT2D eigenvalue weighted by Crippen LogP contribution is 2.28. The van der Waals surface area contributed by atoms with Gasteiger partial charge in [-0.25, -0.2) is 4.98 Å². The number of anilines is 2. The van der Waals surface area contributed by atoms with E-state index in [9.17, 15) is 9.59 Å². The summed E-state index contributed by atoms with van der Waals surface area (Å²) in [5, 5.41) is 6.44. The number of rotatable bonds is 5. The lowest BCUT2D eigenvalue weighted by molar-refractivity contribution is 0.101. The van der Waals surface area contributed by atoms with Gasteiger partial charge in [-0.2, -0.15) is 0 Å². The molecule has 7 heteroatoms. The van der Waals surface area contributed by atoms with E-state index in [0.717, 1.165) is 37.3 Å². The van der Waals surface area contributed by atoms with Crippen molar-refractivity contribution in [2.24, 2.45) is 0 Å². The van der Waals surface area contributed by atoms with Gasteiger partial charge in [-0.3, -0.25) is 19.8 Å². The maximum atomic E-state index is 12.8. The Hall–Kier alpha value is -3.03. The van der Waals surface area contributed by atoms with Gasteiger partial charge in [0, 0.05) is 41.2 Å². The normalized spacial score (nSPS) is 13.5. The van der Waals surface area contributed by atoms with Crippen LogP contribution in [0.15, 0.2) is 48.5 Å². The summed E-state index contributed by atoms with van der Waals surface area (Å²) in [7, 11) is 0. The zero-order chi connectivity index (χ0) is 21.1. The van der Waals surface area contributed by atoms with Crippen molar-refractivity contribution in [1.82, 2.24) is 9.88 Å². The van der Waals surface area contributed by atoms with E-state index in [4.69, 9.17) is 0 Å². The Morgan fingerprint density at radius 3 is 2.60 bits per heavy atom. The lowest BCUT2D eigenvalue weighted by Crippen LogP contribution is -2.29. The number of hydrogen-bond donors (Lipinski definition) is 2. The Kier molecular flexibility index (Phi) is 5.92. The minimum Gasteiger partial charge on any atom is -0.322 e. The molecule has 154 valence electrons. The van der Waals surface area contributed by atoms with Crippen LogP contribution in [-0.4, -0.2) is 34.8 Å². The highest BCUT2D eigenvalue weighted by molar-refractivity contribution is 7.15. The molecule has 30 heavy (non-hydrogen) atoms. The Balaban J connectivity index is 1.48. The molecule has 0 spiro atoms. The topological polar surface area (TPSA) is 74.3 Å². The number of likely N-dealkylation sites (N-methyl/N-ethyl adjacent to an activating group) is 1. The minimum atomic E-state index is -0.233. The lowest BCUT2D eigenvalue weighted by Gasteiger charge is -2.23. The van der Waals surface area contributed by atoms with Crippen LogP contribution in [0, 0.1) is 6.92 Å². The molecule has 1 aliphatic rings. The van der Waals surface area contributed by atoms with E-state index < -0.39 is 0 Å². The summed E-state index contributed by atoms with van der Waals surface area (Å²) in [4.78, 5) is 33.5. The largest absolute Gasteiger partial charge is 0.322 e. The number of hydrogen-bond acceptors (Lipinski definition) is 5. The average Bonchev–Trinajstić information content (AvgIpc) is 3.17. The third-order valence-electron chi connectivity index (χ3n) is 5.26. The molecule has 6 nitrogen and oxygen atoms in total. The first-order valence-electron chi connectivity index (χ1n) is 10.0. The number of aryl methyl sites for hydroxylation is 1. The molecule has 2 aromatic carbocycles. The summed E-state index contributed by atoms with van der Waals surface area (Å²) >= 11 is 1.54. The van der Waals surface area contributed by atoms with E-state index in [0.29, 0.717) is 21.9 Å². The quantitative estimate of drug-likeness (QED) is 0.644. The summed E-state index contributed by atoms with van der Waals surface area (Å²) in [6.07, 6.45) is 0.912. The second kappa shape index (κ2) is 8.77. The number of carbonyl (C=O) groups excluding carboxylic acids is 2. The van der Waals surface area contributed by atoms with Crippen LogP contribution in [0.25, 0.3) is 0 Å². The van der Waals surface area contributed by atoms with Crippen molar-refractivity contribution >= 4 is 34.0 Å². The van der Waals surface area contributed by atoms with Crippen LogP contribution in [0.2, 0.25) is 0 Å². The van der Waals surface area contributed by atoms with E-state index in [1.807, 2.05) is 31.2 Å². The fraction of sp³-hybridized carbons (Fsp3) is 0.261. The molecular weight excluding hydrogens is 396 g/mol. The van der Waals surface area contributed by atoms with E-state index >= 15 is 0 Å². The predicted octanol–water partition coefficient (Wildman–Crippen LogP) is 4.33. The smallest absolute Gasteiger partial charge is 0.257 e. The van der Waals surface area contributed by atoms with Gasteiger partial charge < -0.3 is 5.32 Å². The Morgan fingerprint density at radius 2 is 1.83 bits per heavy atom. The molecule has 1 aliphatic heterocycles. The molecule has 4 rings (SSSR count). The van der Waals surface area contributed by atoms with Gasteiger partial charge in [0.15, 0.2) is 5.13 Å². The van der Waals surface area contributed by atoms with Crippen LogP contribution < -0.4 is 10.6 Å². The van der Waals surface area contributed by atoms with Crippen molar-refractivity contribution in [3.63, 3.8) is 0 Å². The molecule has 0 unspecified atom stereocenters. The van der Waals surface area contributed by atoms with Crippen molar-refractivity contribution in [1.29, 1.82) is 0 Å². The number of carbonyl (C=O) groups is 2. The molecule has 0 saturated carbocycles. The van der Waals surface area contributed by atoms with Gasteiger partial charge in [0.2, 0.25) is 0 Å². The first-order valence-corrected chi connectivity index (χ1v) is 10.8. The number of aromatic nitrogens is 1. The summed E-state index contributed by atoms with van der Waals surface area (Å²) in [5.41, 5.74) is 3.64. The minimum absolute atomic E-state index is 0.204. The maximum Gasteiger partial charge on any atom is 0.257 e. The Morgan fingerprint density at radius 1 is 1.07 bits per heavy atom. The number of thiazole rings is 1. The third kappa shape index (κ3) is 4.42. The molecule has 3 aromatic rings. The third-order valence-corrected chi connectivity index (χ3v) is 6.26. The average molecular weight is 421 g/mol. The molecule has 0 fully saturated rings. The molecule has 0 bridgehead atoms. The van der Waals surface area contributed by atoms with Crippen LogP contribution in [0.4, 0.5) is 10.8 Å². The fourth-order valence-electron chi connectivity index (χ4n) is 3.42. The van der Waals surface area contributed by atoms with Crippen LogP contribution >= 0.6 is 11.3 Å². The van der Waals surface area contributed by atoms with Crippen LogP contribution in [-0.2, 0) is 13.0 Å². The van der Waals surface area contributed by atoms with E-state index in [2.05, 4.69) is 27.4 Å². The summed E-state index contributed by atoms with van der Waals surface area (Å²) in [6, 6.07) is 14.3. The standard InChI is InChI=1S/C23H24N4O2S/c1-3-27-12-11-18-20(14-27)30-23(25-18)26-22(29)17-10-9-15(2)19(13-17)24-21(28)16-7-5-4-6-8-16/h4-10,13H,3,11-12,14H2,1-2H3,(H,24,28)(H,25,26,29). The van der Waals surface area contributed by atoms with Crippen molar-refractivity contribution in [2.75, 3.05) is 23.7 Å². The Labute approximate surface area is 180 Å². The van der Waals surface area contributed by atoms with Crippen molar-refractivity contribution in [2.45, 2.75) is 26.8 Å². The molecule has 0 radical (unpaired) electrons. The summed E-state index contributed by atoms with van der Waals surface area (Å²) < 4.78 is 0. The highest BCUT2D eigenvalue weighted by atomic mass is 32.1. The second-order valence-electron chi connectivity index (χ2n) is 7.31. The van der Waals surface area contributed by atoms with Crippen LogP contribution in [0.1, 0.15) is 43.8 Å². The first-order chi connectivity index (χ1) is 14.5. The first kappa shape index (κ1) is 20.3. The van der Waals surface area contributed by atoms with Gasteiger partial charge in [-0.05, 0) is 43.3 Å².